The maximum absolute atomic E-state index is 5.07. The van der Waals surface area contributed by atoms with Crippen molar-refractivity contribution in [2.24, 2.45) is 0 Å². The molecule has 30 heavy (non-hydrogen) atoms. The largest absolute Gasteiger partial charge is 0.317 e. The zero-order valence-corrected chi connectivity index (χ0v) is 17.4. The lowest BCUT2D eigenvalue weighted by atomic mass is 10.0. The minimum absolute atomic E-state index is 0.435. The summed E-state index contributed by atoms with van der Waals surface area (Å²) in [5.74, 6) is 1.04. The molecular formula is C25H22N4S. The van der Waals surface area contributed by atoms with Gasteiger partial charge in [0.05, 0.1) is 0 Å². The molecule has 0 bridgehead atoms. The Balaban J connectivity index is 1.50. The van der Waals surface area contributed by atoms with Gasteiger partial charge in [-0.1, -0.05) is 36.4 Å². The molecule has 0 aliphatic carbocycles. The van der Waals surface area contributed by atoms with Crippen LogP contribution in [0, 0.1) is 0 Å². The van der Waals surface area contributed by atoms with E-state index < -0.39 is 0 Å². The number of pyridine rings is 1. The van der Waals surface area contributed by atoms with E-state index in [0.29, 0.717) is 6.04 Å². The van der Waals surface area contributed by atoms with Crippen LogP contribution in [0.1, 0.15) is 18.9 Å². The normalized spacial score (nSPS) is 15.2. The number of piperidine rings is 1. The highest BCUT2D eigenvalue weighted by atomic mass is 32.1. The van der Waals surface area contributed by atoms with Crippen LogP contribution in [0.15, 0.2) is 71.6 Å². The second-order valence-corrected chi connectivity index (χ2v) is 8.71. The summed E-state index contributed by atoms with van der Waals surface area (Å²) in [5.41, 5.74) is 5.44. The number of fused-ring (bicyclic) bond motifs is 2. The van der Waals surface area contributed by atoms with Crippen molar-refractivity contribution in [1.29, 1.82) is 0 Å². The number of hydrogen-bond acceptors (Lipinski definition) is 4. The standard InChI is InChI=1S/C25H22N4S/c1-2-4-18-13-19(6-5-17(18)3-1)21-14-23-25(27-15-21)29(22-7-10-26-11-8-22)24(28-23)20-9-12-30-16-20/h1-6,9,12-16,22,26H,7-8,10-11H2. The number of aromatic nitrogens is 3. The van der Waals surface area contributed by atoms with E-state index in [9.17, 15) is 0 Å². The van der Waals surface area contributed by atoms with E-state index in [1.165, 1.54) is 21.9 Å². The Bertz CT molecular complexity index is 1330. The zero-order chi connectivity index (χ0) is 19.9. The van der Waals surface area contributed by atoms with Gasteiger partial charge in [0.2, 0.25) is 0 Å². The van der Waals surface area contributed by atoms with Crippen molar-refractivity contribution in [3.05, 3.63) is 71.6 Å². The molecule has 0 amide bonds. The van der Waals surface area contributed by atoms with Crippen LogP contribution in [0.25, 0.3) is 44.5 Å². The molecule has 1 aliphatic heterocycles. The summed E-state index contributed by atoms with van der Waals surface area (Å²) in [6.07, 6.45) is 4.22. The van der Waals surface area contributed by atoms with Crippen molar-refractivity contribution in [3.8, 4) is 22.5 Å². The highest BCUT2D eigenvalue weighted by Crippen LogP contribution is 2.34. The minimum atomic E-state index is 0.435. The van der Waals surface area contributed by atoms with Gasteiger partial charge in [-0.3, -0.25) is 0 Å². The summed E-state index contributed by atoms with van der Waals surface area (Å²) in [6.45, 7) is 2.09. The first kappa shape index (κ1) is 17.8. The molecule has 3 aromatic heterocycles. The van der Waals surface area contributed by atoms with Crippen molar-refractivity contribution in [3.63, 3.8) is 0 Å². The first-order valence-electron chi connectivity index (χ1n) is 10.5. The number of benzene rings is 2. The van der Waals surface area contributed by atoms with Crippen LogP contribution < -0.4 is 5.32 Å². The molecule has 0 saturated carbocycles. The summed E-state index contributed by atoms with van der Waals surface area (Å²) in [5, 5.41) is 10.3. The lowest BCUT2D eigenvalue weighted by Gasteiger charge is -2.25. The van der Waals surface area contributed by atoms with Gasteiger partial charge < -0.3 is 9.88 Å². The average molecular weight is 411 g/mol. The van der Waals surface area contributed by atoms with Crippen LogP contribution in [0.2, 0.25) is 0 Å². The summed E-state index contributed by atoms with van der Waals surface area (Å²) in [7, 11) is 0. The van der Waals surface area contributed by atoms with E-state index in [2.05, 4.69) is 75.2 Å². The van der Waals surface area contributed by atoms with Gasteiger partial charge in [0.15, 0.2) is 5.65 Å². The fourth-order valence-electron chi connectivity index (χ4n) is 4.51. The highest BCUT2D eigenvalue weighted by Gasteiger charge is 2.23. The molecule has 4 nitrogen and oxygen atoms in total. The molecule has 6 rings (SSSR count). The molecule has 0 atom stereocenters. The Morgan fingerprint density at radius 2 is 1.77 bits per heavy atom. The lowest BCUT2D eigenvalue weighted by molar-refractivity contribution is 0.376. The van der Waals surface area contributed by atoms with Crippen LogP contribution in [-0.2, 0) is 0 Å². The second kappa shape index (κ2) is 7.35. The average Bonchev–Trinajstić information content (AvgIpc) is 3.46. The molecule has 148 valence electrons. The first-order valence-corrected chi connectivity index (χ1v) is 11.4. The monoisotopic (exact) mass is 410 g/mol. The summed E-state index contributed by atoms with van der Waals surface area (Å²) in [4.78, 5) is 9.99. The van der Waals surface area contributed by atoms with Gasteiger partial charge in [0.1, 0.15) is 11.3 Å². The van der Waals surface area contributed by atoms with Crippen molar-refractivity contribution in [2.75, 3.05) is 13.1 Å². The molecular weight excluding hydrogens is 388 g/mol. The van der Waals surface area contributed by atoms with Crippen LogP contribution >= 0.6 is 11.3 Å². The SMILES string of the molecule is c1ccc2cc(-c3cnc4c(c3)nc(-c3ccsc3)n4C3CCNCC3)ccc2c1. The minimum Gasteiger partial charge on any atom is -0.317 e. The Morgan fingerprint density at radius 3 is 2.60 bits per heavy atom. The van der Waals surface area contributed by atoms with Gasteiger partial charge in [-0.2, -0.15) is 11.3 Å². The van der Waals surface area contributed by atoms with Gasteiger partial charge in [0, 0.05) is 28.7 Å². The van der Waals surface area contributed by atoms with E-state index in [0.717, 1.165) is 48.5 Å². The van der Waals surface area contributed by atoms with Crippen molar-refractivity contribution < 1.29 is 0 Å². The summed E-state index contributed by atoms with van der Waals surface area (Å²) in [6, 6.07) is 19.9. The molecule has 5 heteroatoms. The van der Waals surface area contributed by atoms with E-state index in [1.54, 1.807) is 11.3 Å². The Hall–Kier alpha value is -3.02. The molecule has 0 unspecified atom stereocenters. The molecule has 5 aromatic rings. The van der Waals surface area contributed by atoms with E-state index in [1.807, 2.05) is 6.20 Å². The maximum atomic E-state index is 5.07. The Kier molecular flexibility index (Phi) is 4.36. The van der Waals surface area contributed by atoms with Crippen molar-refractivity contribution >= 4 is 33.3 Å². The first-order chi connectivity index (χ1) is 14.9. The predicted octanol–water partition coefficient (Wildman–Crippen LogP) is 5.90. The van der Waals surface area contributed by atoms with Crippen LogP contribution in [-0.4, -0.2) is 27.6 Å². The Morgan fingerprint density at radius 1 is 0.900 bits per heavy atom. The topological polar surface area (TPSA) is 42.7 Å². The second-order valence-electron chi connectivity index (χ2n) is 7.93. The molecule has 1 saturated heterocycles. The lowest BCUT2D eigenvalue weighted by Crippen LogP contribution is -2.29. The summed E-state index contributed by atoms with van der Waals surface area (Å²) >= 11 is 1.71. The third kappa shape index (κ3) is 3.02. The summed E-state index contributed by atoms with van der Waals surface area (Å²) < 4.78 is 2.38. The molecule has 1 aliphatic rings. The van der Waals surface area contributed by atoms with E-state index in [-0.39, 0.29) is 0 Å². The molecule has 0 radical (unpaired) electrons. The number of rotatable bonds is 3. The van der Waals surface area contributed by atoms with Crippen LogP contribution in [0.4, 0.5) is 0 Å². The molecule has 2 aromatic carbocycles. The van der Waals surface area contributed by atoms with Gasteiger partial charge in [-0.05, 0) is 65.8 Å². The predicted molar refractivity (Wildman–Crippen MR) is 125 cm³/mol. The number of hydrogen-bond donors (Lipinski definition) is 1. The fourth-order valence-corrected chi connectivity index (χ4v) is 5.15. The van der Waals surface area contributed by atoms with Crippen molar-refractivity contribution in [1.82, 2.24) is 19.9 Å². The number of nitrogens with zero attached hydrogens (tertiary/aromatic N) is 3. The van der Waals surface area contributed by atoms with Crippen molar-refractivity contribution in [2.45, 2.75) is 18.9 Å². The van der Waals surface area contributed by atoms with Gasteiger partial charge >= 0.3 is 0 Å². The van der Waals surface area contributed by atoms with E-state index in [4.69, 9.17) is 9.97 Å². The number of thiophene rings is 1. The maximum Gasteiger partial charge on any atom is 0.160 e. The van der Waals surface area contributed by atoms with Crippen LogP contribution in [0.5, 0.6) is 0 Å². The Labute approximate surface area is 179 Å². The van der Waals surface area contributed by atoms with E-state index >= 15 is 0 Å². The fraction of sp³-hybridized carbons (Fsp3) is 0.200. The molecule has 1 N–H and O–H groups in total. The van der Waals surface area contributed by atoms with Crippen LogP contribution in [0.3, 0.4) is 0 Å². The molecule has 1 fully saturated rings. The quantitative estimate of drug-likeness (QED) is 0.402. The highest BCUT2D eigenvalue weighted by molar-refractivity contribution is 7.08. The van der Waals surface area contributed by atoms with Gasteiger partial charge in [0.25, 0.3) is 0 Å². The number of imidazole rings is 1. The van der Waals surface area contributed by atoms with Gasteiger partial charge in [-0.15, -0.1) is 0 Å². The zero-order valence-electron chi connectivity index (χ0n) is 16.6. The smallest absolute Gasteiger partial charge is 0.160 e. The van der Waals surface area contributed by atoms with Gasteiger partial charge in [-0.25, -0.2) is 9.97 Å². The molecule has 0 spiro atoms. The third-order valence-corrected chi connectivity index (χ3v) is 6.75. The molecule has 4 heterocycles. The number of nitrogens with one attached hydrogen (secondary N) is 1. The third-order valence-electron chi connectivity index (χ3n) is 6.07.